The second-order valence-corrected chi connectivity index (χ2v) is 5.38. The van der Waals surface area contributed by atoms with Gasteiger partial charge in [0, 0.05) is 19.0 Å². The van der Waals surface area contributed by atoms with Gasteiger partial charge < -0.3 is 10.8 Å². The maximum Gasteiger partial charge on any atom is 0.0924 e. The van der Waals surface area contributed by atoms with Crippen molar-refractivity contribution in [2.45, 2.75) is 31.9 Å². The number of amidine groups is 1. The quantitative estimate of drug-likeness (QED) is 0.531. The van der Waals surface area contributed by atoms with Gasteiger partial charge in [0.25, 0.3) is 0 Å². The van der Waals surface area contributed by atoms with E-state index in [2.05, 4.69) is 0 Å². The van der Waals surface area contributed by atoms with Gasteiger partial charge in [-0.2, -0.15) is 0 Å². The van der Waals surface area contributed by atoms with Gasteiger partial charge >= 0.3 is 0 Å². The average Bonchev–Trinajstić information content (AvgIpc) is 2.24. The highest BCUT2D eigenvalue weighted by Crippen LogP contribution is 2.24. The molecule has 0 saturated heterocycles. The summed E-state index contributed by atoms with van der Waals surface area (Å²) in [5.74, 6) is 0.159. The van der Waals surface area contributed by atoms with E-state index in [0.717, 1.165) is 5.56 Å². The second-order valence-electron chi connectivity index (χ2n) is 5.38. The molecule has 1 atom stereocenters. The molecule has 18 heavy (non-hydrogen) atoms. The summed E-state index contributed by atoms with van der Waals surface area (Å²) in [6.45, 7) is 4.08. The molecule has 1 aromatic carbocycles. The van der Waals surface area contributed by atoms with Gasteiger partial charge in [0.2, 0.25) is 0 Å². The van der Waals surface area contributed by atoms with Crippen molar-refractivity contribution in [3.8, 4) is 0 Å². The highest BCUT2D eigenvalue weighted by atomic mass is 16.3. The van der Waals surface area contributed by atoms with Crippen LogP contribution in [0.1, 0.15) is 31.9 Å². The maximum absolute atomic E-state index is 9.89. The Bertz CT molecular complexity index is 384. The largest absolute Gasteiger partial charge is 0.389 e. The lowest BCUT2D eigenvalue weighted by molar-refractivity contribution is 0.0317. The first-order valence-electron chi connectivity index (χ1n) is 6.10. The molecule has 0 aliphatic carbocycles. The number of nitrogens with zero attached hydrogens (tertiary/aromatic N) is 1. The summed E-state index contributed by atoms with van der Waals surface area (Å²) < 4.78 is 0. The van der Waals surface area contributed by atoms with Crippen molar-refractivity contribution in [2.24, 2.45) is 5.73 Å². The van der Waals surface area contributed by atoms with Crippen LogP contribution in [0.15, 0.2) is 30.3 Å². The van der Waals surface area contributed by atoms with E-state index in [1.54, 1.807) is 13.8 Å². The number of hydrogen-bond acceptors (Lipinski definition) is 3. The summed E-state index contributed by atoms with van der Waals surface area (Å²) in [5.41, 5.74) is 5.87. The Morgan fingerprint density at radius 1 is 1.39 bits per heavy atom. The number of benzene rings is 1. The molecule has 0 amide bonds. The van der Waals surface area contributed by atoms with Crippen LogP contribution in [-0.4, -0.2) is 35.0 Å². The molecule has 0 aliphatic heterocycles. The summed E-state index contributed by atoms with van der Waals surface area (Å²) in [6, 6.07) is 9.98. The molecule has 4 nitrogen and oxygen atoms in total. The maximum atomic E-state index is 9.89. The van der Waals surface area contributed by atoms with Crippen molar-refractivity contribution < 1.29 is 5.11 Å². The zero-order valence-corrected chi connectivity index (χ0v) is 11.4. The van der Waals surface area contributed by atoms with Gasteiger partial charge in [-0.1, -0.05) is 30.3 Å². The lowest BCUT2D eigenvalue weighted by atomic mass is 10.00. The topological polar surface area (TPSA) is 73.3 Å². The zero-order chi connectivity index (χ0) is 13.8. The molecule has 0 bridgehead atoms. The van der Waals surface area contributed by atoms with Crippen molar-refractivity contribution in [1.29, 1.82) is 5.41 Å². The van der Waals surface area contributed by atoms with Crippen LogP contribution in [0, 0.1) is 5.41 Å². The highest BCUT2D eigenvalue weighted by Gasteiger charge is 2.23. The third-order valence-corrected chi connectivity index (χ3v) is 2.77. The van der Waals surface area contributed by atoms with Gasteiger partial charge in [-0.15, -0.1) is 0 Å². The Kier molecular flexibility index (Phi) is 4.87. The van der Waals surface area contributed by atoms with E-state index in [1.807, 2.05) is 42.3 Å². The SMILES string of the molecule is CN(CC(C)(C)O)C(CC(=N)N)c1ccccc1. The predicted molar refractivity (Wildman–Crippen MR) is 74.6 cm³/mol. The van der Waals surface area contributed by atoms with Crippen LogP contribution in [-0.2, 0) is 0 Å². The van der Waals surface area contributed by atoms with Crippen LogP contribution >= 0.6 is 0 Å². The molecule has 4 heteroatoms. The molecule has 0 heterocycles. The molecule has 100 valence electrons. The van der Waals surface area contributed by atoms with E-state index in [9.17, 15) is 5.11 Å². The van der Waals surface area contributed by atoms with Gasteiger partial charge in [0.05, 0.1) is 11.4 Å². The smallest absolute Gasteiger partial charge is 0.0924 e. The number of rotatable bonds is 6. The van der Waals surface area contributed by atoms with Crippen LogP contribution < -0.4 is 5.73 Å². The van der Waals surface area contributed by atoms with Crippen LogP contribution in [0.5, 0.6) is 0 Å². The Labute approximate surface area is 109 Å². The normalized spacial score (nSPS) is 13.6. The zero-order valence-electron chi connectivity index (χ0n) is 11.4. The van der Waals surface area contributed by atoms with E-state index >= 15 is 0 Å². The van der Waals surface area contributed by atoms with Crippen molar-refractivity contribution in [3.05, 3.63) is 35.9 Å². The fraction of sp³-hybridized carbons (Fsp3) is 0.500. The third-order valence-electron chi connectivity index (χ3n) is 2.77. The molecule has 0 aliphatic rings. The van der Waals surface area contributed by atoms with Gasteiger partial charge in [-0.05, 0) is 26.5 Å². The van der Waals surface area contributed by atoms with Crippen LogP contribution in [0.2, 0.25) is 0 Å². The van der Waals surface area contributed by atoms with Gasteiger partial charge in [-0.25, -0.2) is 0 Å². The fourth-order valence-corrected chi connectivity index (χ4v) is 2.13. The van der Waals surface area contributed by atoms with Crippen molar-refractivity contribution in [3.63, 3.8) is 0 Å². The Hall–Kier alpha value is -1.39. The molecule has 1 aromatic rings. The Morgan fingerprint density at radius 2 is 1.94 bits per heavy atom. The van der Waals surface area contributed by atoms with Gasteiger partial charge in [0.1, 0.15) is 0 Å². The minimum atomic E-state index is -0.765. The lowest BCUT2D eigenvalue weighted by Crippen LogP contribution is -2.39. The fourth-order valence-electron chi connectivity index (χ4n) is 2.13. The monoisotopic (exact) mass is 249 g/mol. The summed E-state index contributed by atoms with van der Waals surface area (Å²) in [5, 5.41) is 17.4. The van der Waals surface area contributed by atoms with Crippen LogP contribution in [0.3, 0.4) is 0 Å². The van der Waals surface area contributed by atoms with Gasteiger partial charge in [0.15, 0.2) is 0 Å². The first-order valence-corrected chi connectivity index (χ1v) is 6.10. The summed E-state index contributed by atoms with van der Waals surface area (Å²) >= 11 is 0. The molecule has 1 rings (SSSR count). The molecule has 1 unspecified atom stereocenters. The molecular weight excluding hydrogens is 226 g/mol. The second kappa shape index (κ2) is 5.98. The van der Waals surface area contributed by atoms with E-state index in [4.69, 9.17) is 11.1 Å². The summed E-state index contributed by atoms with van der Waals surface area (Å²) in [7, 11) is 1.94. The van der Waals surface area contributed by atoms with Crippen LogP contribution in [0.4, 0.5) is 0 Å². The molecule has 4 N–H and O–H groups in total. The molecule has 0 spiro atoms. The third kappa shape index (κ3) is 4.85. The first kappa shape index (κ1) is 14.7. The number of aliphatic hydroxyl groups is 1. The molecule has 0 radical (unpaired) electrons. The standard InChI is InChI=1S/C14H23N3O/c1-14(2,18)10-17(3)12(9-13(15)16)11-7-5-4-6-8-11/h4-8,12,18H,9-10H2,1-3H3,(H3,15,16). The molecular formula is C14H23N3O. The van der Waals surface area contributed by atoms with Crippen molar-refractivity contribution >= 4 is 5.84 Å². The van der Waals surface area contributed by atoms with Crippen molar-refractivity contribution in [1.82, 2.24) is 4.90 Å². The highest BCUT2D eigenvalue weighted by molar-refractivity contribution is 5.77. The number of nitrogens with one attached hydrogen (secondary N) is 1. The average molecular weight is 249 g/mol. The summed E-state index contributed by atoms with van der Waals surface area (Å²) in [6.07, 6.45) is 0.469. The summed E-state index contributed by atoms with van der Waals surface area (Å²) in [4.78, 5) is 2.04. The number of hydrogen-bond donors (Lipinski definition) is 3. The van der Waals surface area contributed by atoms with E-state index in [0.29, 0.717) is 13.0 Å². The number of likely N-dealkylation sites (N-methyl/N-ethyl adjacent to an activating group) is 1. The molecule has 0 fully saturated rings. The molecule has 0 aromatic heterocycles. The Morgan fingerprint density at radius 3 is 2.39 bits per heavy atom. The molecule has 0 saturated carbocycles. The van der Waals surface area contributed by atoms with E-state index in [-0.39, 0.29) is 11.9 Å². The Balaban J connectivity index is 2.88. The minimum absolute atomic E-state index is 0.0233. The first-order chi connectivity index (χ1) is 8.29. The minimum Gasteiger partial charge on any atom is -0.389 e. The van der Waals surface area contributed by atoms with E-state index in [1.165, 1.54) is 0 Å². The van der Waals surface area contributed by atoms with Gasteiger partial charge in [-0.3, -0.25) is 10.3 Å². The number of nitrogens with two attached hydrogens (primary N) is 1. The predicted octanol–water partition coefficient (Wildman–Crippen LogP) is 1.76. The lowest BCUT2D eigenvalue weighted by Gasteiger charge is -2.32. The van der Waals surface area contributed by atoms with Crippen LogP contribution in [0.25, 0.3) is 0 Å². The van der Waals surface area contributed by atoms with Crippen molar-refractivity contribution in [2.75, 3.05) is 13.6 Å². The van der Waals surface area contributed by atoms with E-state index < -0.39 is 5.60 Å².